The topological polar surface area (TPSA) is 60.8 Å². The van der Waals surface area contributed by atoms with Gasteiger partial charge in [0.2, 0.25) is 0 Å². The summed E-state index contributed by atoms with van der Waals surface area (Å²) in [5, 5.41) is 22.4. The van der Waals surface area contributed by atoms with Crippen molar-refractivity contribution in [2.75, 3.05) is 6.54 Å². The molecule has 2 N–H and O–H groups in total. The lowest BCUT2D eigenvalue weighted by Crippen LogP contribution is -2.68. The van der Waals surface area contributed by atoms with Gasteiger partial charge in [0.05, 0.1) is 12.2 Å². The average Bonchev–Trinajstić information content (AvgIpc) is 2.92. The maximum atomic E-state index is 12.8. The van der Waals surface area contributed by atoms with Crippen LogP contribution >= 0.6 is 0 Å². The van der Waals surface area contributed by atoms with Crippen molar-refractivity contribution in [3.63, 3.8) is 0 Å². The first-order chi connectivity index (χ1) is 11.4. The van der Waals surface area contributed by atoms with E-state index in [1.54, 1.807) is 0 Å². The van der Waals surface area contributed by atoms with Gasteiger partial charge in [-0.05, 0) is 35.7 Å². The van der Waals surface area contributed by atoms with E-state index in [9.17, 15) is 15.0 Å². The lowest BCUT2D eigenvalue weighted by molar-refractivity contribution is -0.201. The van der Waals surface area contributed by atoms with Crippen LogP contribution in [0.2, 0.25) is 0 Å². The second kappa shape index (κ2) is 3.30. The highest BCUT2D eigenvalue weighted by Gasteiger charge is 2.90. The molecule has 12 atom stereocenters. The van der Waals surface area contributed by atoms with Gasteiger partial charge in [0.15, 0.2) is 0 Å². The first-order valence-corrected chi connectivity index (χ1v) is 9.68. The number of aliphatic hydroxyl groups is 2. The molecule has 0 amide bonds. The van der Waals surface area contributed by atoms with E-state index in [4.69, 9.17) is 0 Å². The Bertz CT molecular complexity index is 749. The van der Waals surface area contributed by atoms with Gasteiger partial charge in [0, 0.05) is 54.1 Å². The molecule has 0 aromatic rings. The minimum atomic E-state index is -0.469. The van der Waals surface area contributed by atoms with Gasteiger partial charge in [-0.2, -0.15) is 0 Å². The highest BCUT2D eigenvalue weighted by molar-refractivity contribution is 5.82. The lowest BCUT2D eigenvalue weighted by Gasteiger charge is -2.65. The van der Waals surface area contributed by atoms with Crippen molar-refractivity contribution in [3.05, 3.63) is 12.2 Å². The Kier molecular flexibility index (Phi) is 1.86. The van der Waals surface area contributed by atoms with Gasteiger partial charge < -0.3 is 10.2 Å². The number of fused-ring (bicyclic) bond motifs is 1. The molecule has 9 rings (SSSR count). The zero-order valence-electron chi connectivity index (χ0n) is 14.1. The zero-order valence-corrected chi connectivity index (χ0v) is 14.1. The van der Waals surface area contributed by atoms with Gasteiger partial charge >= 0.3 is 0 Å². The van der Waals surface area contributed by atoms with Crippen molar-refractivity contribution in [2.45, 2.75) is 56.9 Å². The van der Waals surface area contributed by atoms with Crippen LogP contribution in [0.15, 0.2) is 12.2 Å². The van der Waals surface area contributed by atoms with Crippen molar-refractivity contribution >= 4 is 5.78 Å². The summed E-state index contributed by atoms with van der Waals surface area (Å²) in [7, 11) is 0. The van der Waals surface area contributed by atoms with E-state index in [1.165, 1.54) is 0 Å². The van der Waals surface area contributed by atoms with E-state index in [-0.39, 0.29) is 34.2 Å². The summed E-state index contributed by atoms with van der Waals surface area (Å²) in [6.07, 6.45) is 2.56. The summed E-state index contributed by atoms with van der Waals surface area (Å²) < 4.78 is 0. The average molecular weight is 327 g/mol. The Morgan fingerprint density at radius 2 is 2.04 bits per heavy atom. The molecule has 0 aromatic carbocycles. The van der Waals surface area contributed by atoms with Crippen LogP contribution in [0.4, 0.5) is 0 Å². The predicted octanol–water partition coefficient (Wildman–Crippen LogP) is 0.972. The van der Waals surface area contributed by atoms with Crippen molar-refractivity contribution in [1.82, 2.24) is 4.90 Å². The molecule has 3 saturated heterocycles. The number of piperidine rings is 2. The third kappa shape index (κ3) is 0.926. The van der Waals surface area contributed by atoms with Gasteiger partial charge in [-0.3, -0.25) is 9.69 Å². The quantitative estimate of drug-likeness (QED) is 0.651. The number of hydrogen-bond acceptors (Lipinski definition) is 4. The maximum Gasteiger partial charge on any atom is 0.134 e. The van der Waals surface area contributed by atoms with Crippen LogP contribution in [-0.2, 0) is 4.79 Å². The molecule has 12 unspecified atom stereocenters. The number of aliphatic hydroxyl groups excluding tert-OH is 2. The smallest absolute Gasteiger partial charge is 0.134 e. The summed E-state index contributed by atoms with van der Waals surface area (Å²) in [6.45, 7) is 7.54. The Hall–Kier alpha value is -0.710. The van der Waals surface area contributed by atoms with Crippen LogP contribution in [0.5, 0.6) is 0 Å². The number of carbonyl (C=O) groups is 1. The van der Waals surface area contributed by atoms with Gasteiger partial charge in [-0.1, -0.05) is 13.5 Å². The SMILES string of the molecule is C=C1C2CC3C4(CC5C6C7(C)CC(=O)CC63C(C4C2O)N5C7)C1O. The lowest BCUT2D eigenvalue weighted by atomic mass is 9.40. The summed E-state index contributed by atoms with van der Waals surface area (Å²) in [6, 6.07) is 0.844. The van der Waals surface area contributed by atoms with E-state index in [2.05, 4.69) is 18.4 Å². The molecule has 2 spiro atoms. The molecule has 3 aliphatic heterocycles. The van der Waals surface area contributed by atoms with Crippen LogP contribution < -0.4 is 0 Å². The van der Waals surface area contributed by atoms with Gasteiger partial charge in [-0.15, -0.1) is 0 Å². The van der Waals surface area contributed by atoms with Gasteiger partial charge in [-0.25, -0.2) is 0 Å². The highest BCUT2D eigenvalue weighted by atomic mass is 16.3. The first kappa shape index (κ1) is 13.5. The molecule has 9 aliphatic rings. The summed E-state index contributed by atoms with van der Waals surface area (Å²) in [5.74, 6) is 1.63. The van der Waals surface area contributed by atoms with E-state index in [0.717, 1.165) is 31.4 Å². The molecule has 9 bridgehead atoms. The number of rotatable bonds is 0. The number of Topliss-reactive ketones (excluding diaryl/α,β-unsaturated/α-hetero) is 1. The van der Waals surface area contributed by atoms with Crippen molar-refractivity contribution in [1.29, 1.82) is 0 Å². The maximum absolute atomic E-state index is 12.8. The molecular formula is C20H25NO3. The van der Waals surface area contributed by atoms with Crippen LogP contribution in [0.25, 0.3) is 0 Å². The molecule has 6 saturated carbocycles. The third-order valence-electron chi connectivity index (χ3n) is 10.1. The molecule has 0 aromatic heterocycles. The van der Waals surface area contributed by atoms with Crippen LogP contribution in [0, 0.1) is 39.9 Å². The molecular weight excluding hydrogens is 302 g/mol. The summed E-state index contributed by atoms with van der Waals surface area (Å²) >= 11 is 0. The number of hydrogen-bond donors (Lipinski definition) is 2. The second-order valence-electron chi connectivity index (χ2n) is 10.5. The number of nitrogens with zero attached hydrogens (tertiary/aromatic N) is 1. The number of ketones is 1. The van der Waals surface area contributed by atoms with Crippen LogP contribution in [0.3, 0.4) is 0 Å². The van der Waals surface area contributed by atoms with Crippen LogP contribution in [-0.4, -0.2) is 51.7 Å². The van der Waals surface area contributed by atoms with E-state index in [1.807, 2.05) is 0 Å². The van der Waals surface area contributed by atoms with Crippen molar-refractivity contribution in [3.8, 4) is 0 Å². The van der Waals surface area contributed by atoms with Gasteiger partial charge in [0.1, 0.15) is 5.78 Å². The standard InChI is InChI=1S/C20H25NO3/c1-8-10-3-12-19(17(8)24)6-11-15-18(2)4-9(22)5-20(12,15)16(21(11)7-18)13(19)14(10)23/h10-17,23-24H,1,3-7H2,2H3. The highest BCUT2D eigenvalue weighted by Crippen LogP contribution is 2.86. The fourth-order valence-corrected chi connectivity index (χ4v) is 10.3. The Morgan fingerprint density at radius 1 is 1.25 bits per heavy atom. The molecule has 24 heavy (non-hydrogen) atoms. The fourth-order valence-electron chi connectivity index (χ4n) is 10.3. The minimum absolute atomic E-state index is 0.0350. The molecule has 9 fully saturated rings. The second-order valence-corrected chi connectivity index (χ2v) is 10.5. The Morgan fingerprint density at radius 3 is 2.83 bits per heavy atom. The number of carbonyl (C=O) groups excluding carboxylic acids is 1. The summed E-state index contributed by atoms with van der Waals surface area (Å²) in [5.41, 5.74) is 0.839. The van der Waals surface area contributed by atoms with E-state index >= 15 is 0 Å². The van der Waals surface area contributed by atoms with Gasteiger partial charge in [0.25, 0.3) is 0 Å². The molecule has 128 valence electrons. The largest absolute Gasteiger partial charge is 0.392 e. The monoisotopic (exact) mass is 327 g/mol. The first-order valence-electron chi connectivity index (χ1n) is 9.68. The Balaban J connectivity index is 1.54. The molecule has 0 radical (unpaired) electrons. The third-order valence-corrected chi connectivity index (χ3v) is 10.1. The minimum Gasteiger partial charge on any atom is -0.392 e. The predicted molar refractivity (Wildman–Crippen MR) is 85.8 cm³/mol. The molecule has 4 nitrogen and oxygen atoms in total. The molecule has 6 aliphatic carbocycles. The summed E-state index contributed by atoms with van der Waals surface area (Å²) in [4.78, 5) is 15.5. The molecule has 4 heteroatoms. The van der Waals surface area contributed by atoms with E-state index < -0.39 is 6.10 Å². The fraction of sp³-hybridized carbons (Fsp3) is 0.850. The van der Waals surface area contributed by atoms with Crippen LogP contribution in [0.1, 0.15) is 32.6 Å². The zero-order chi connectivity index (χ0) is 16.4. The molecule has 3 heterocycles. The van der Waals surface area contributed by atoms with Crippen molar-refractivity contribution < 1.29 is 15.0 Å². The Labute approximate surface area is 141 Å². The van der Waals surface area contributed by atoms with Crippen molar-refractivity contribution in [2.24, 2.45) is 39.9 Å². The normalized spacial score (nSPS) is 73.0. The van der Waals surface area contributed by atoms with E-state index in [0.29, 0.717) is 36.1 Å².